The molecule has 1 N–H and O–H groups in total. The van der Waals surface area contributed by atoms with E-state index in [9.17, 15) is 4.79 Å². The van der Waals surface area contributed by atoms with Crippen molar-refractivity contribution in [1.29, 1.82) is 0 Å². The molecule has 4 aromatic rings. The van der Waals surface area contributed by atoms with Crippen molar-refractivity contribution in [2.24, 2.45) is 0 Å². The summed E-state index contributed by atoms with van der Waals surface area (Å²) in [5, 5.41) is 3.51. The standard InChI is InChI=1S/C17H14N4O2/c1-10-3-5-11(6-4-10)15-19-17-18-14-8-7-12(23-2)9-13(14)16(22)21(17)20-15/h3-9H,1-2H3,(H,18,19,20). The zero-order valence-corrected chi connectivity index (χ0v) is 12.7. The Morgan fingerprint density at radius 2 is 1.87 bits per heavy atom. The molecule has 6 nitrogen and oxygen atoms in total. The highest BCUT2D eigenvalue weighted by Gasteiger charge is 2.11. The van der Waals surface area contributed by atoms with E-state index >= 15 is 0 Å². The summed E-state index contributed by atoms with van der Waals surface area (Å²) in [7, 11) is 1.57. The summed E-state index contributed by atoms with van der Waals surface area (Å²) < 4.78 is 6.53. The van der Waals surface area contributed by atoms with Crippen LogP contribution in [0.5, 0.6) is 5.75 Å². The summed E-state index contributed by atoms with van der Waals surface area (Å²) >= 11 is 0. The zero-order valence-electron chi connectivity index (χ0n) is 12.7. The lowest BCUT2D eigenvalue weighted by Crippen LogP contribution is -2.15. The minimum atomic E-state index is -0.199. The molecular weight excluding hydrogens is 292 g/mol. The molecule has 0 saturated carbocycles. The molecule has 0 fully saturated rings. The first-order valence-corrected chi connectivity index (χ1v) is 7.19. The van der Waals surface area contributed by atoms with Gasteiger partial charge in [-0.2, -0.15) is 9.50 Å². The molecular formula is C17H14N4O2. The van der Waals surface area contributed by atoms with Gasteiger partial charge in [-0.25, -0.2) is 4.98 Å². The maximum absolute atomic E-state index is 12.7. The van der Waals surface area contributed by atoms with Gasteiger partial charge in [-0.1, -0.05) is 29.8 Å². The van der Waals surface area contributed by atoms with Gasteiger partial charge < -0.3 is 4.74 Å². The van der Waals surface area contributed by atoms with E-state index in [1.165, 1.54) is 4.52 Å². The van der Waals surface area contributed by atoms with Crippen LogP contribution in [0.1, 0.15) is 5.56 Å². The molecule has 2 aromatic carbocycles. The monoisotopic (exact) mass is 306 g/mol. The Kier molecular flexibility index (Phi) is 2.90. The zero-order chi connectivity index (χ0) is 16.0. The van der Waals surface area contributed by atoms with Gasteiger partial charge in [-0.15, -0.1) is 0 Å². The molecule has 0 aliphatic carbocycles. The Bertz CT molecular complexity index is 1080. The highest BCUT2D eigenvalue weighted by Crippen LogP contribution is 2.19. The molecule has 0 unspecified atom stereocenters. The average molecular weight is 306 g/mol. The second-order valence-corrected chi connectivity index (χ2v) is 5.37. The smallest absolute Gasteiger partial charge is 0.281 e. The number of ether oxygens (including phenoxy) is 1. The fraction of sp³-hybridized carbons (Fsp3) is 0.118. The second-order valence-electron chi connectivity index (χ2n) is 5.37. The first-order chi connectivity index (χ1) is 11.2. The van der Waals surface area contributed by atoms with Crippen molar-refractivity contribution in [2.75, 3.05) is 7.11 Å². The first-order valence-electron chi connectivity index (χ1n) is 7.19. The van der Waals surface area contributed by atoms with Crippen molar-refractivity contribution >= 4 is 16.7 Å². The predicted molar refractivity (Wildman–Crippen MR) is 87.8 cm³/mol. The van der Waals surface area contributed by atoms with Crippen LogP contribution in [-0.4, -0.2) is 26.7 Å². The molecule has 23 heavy (non-hydrogen) atoms. The normalized spacial score (nSPS) is 11.2. The van der Waals surface area contributed by atoms with Crippen molar-refractivity contribution in [2.45, 2.75) is 6.92 Å². The molecule has 0 aliphatic rings. The Labute approximate surface area is 131 Å². The van der Waals surface area contributed by atoms with E-state index in [2.05, 4.69) is 15.1 Å². The molecule has 0 radical (unpaired) electrons. The summed E-state index contributed by atoms with van der Waals surface area (Å²) in [6.45, 7) is 2.02. The van der Waals surface area contributed by atoms with Crippen LogP contribution in [0.2, 0.25) is 0 Å². The Balaban J connectivity index is 1.97. The SMILES string of the molecule is COc1ccc2nc3nc(-c4ccc(C)cc4)[nH]n3c(=O)c2c1. The Morgan fingerprint density at radius 1 is 1.09 bits per heavy atom. The number of rotatable bonds is 2. The van der Waals surface area contributed by atoms with Gasteiger partial charge in [0.2, 0.25) is 0 Å². The molecule has 114 valence electrons. The fourth-order valence-corrected chi connectivity index (χ4v) is 2.53. The number of methoxy groups -OCH3 is 1. The number of aromatic nitrogens is 4. The number of hydrogen-bond donors (Lipinski definition) is 1. The molecule has 0 aliphatic heterocycles. The van der Waals surface area contributed by atoms with E-state index < -0.39 is 0 Å². The van der Waals surface area contributed by atoms with Gasteiger partial charge in [0.15, 0.2) is 5.82 Å². The summed E-state index contributed by atoms with van der Waals surface area (Å²) in [6, 6.07) is 13.1. The molecule has 0 atom stereocenters. The summed E-state index contributed by atoms with van der Waals surface area (Å²) in [4.78, 5) is 21.5. The van der Waals surface area contributed by atoms with Gasteiger partial charge in [0.25, 0.3) is 11.3 Å². The molecule has 2 aromatic heterocycles. The van der Waals surface area contributed by atoms with Gasteiger partial charge in [-0.3, -0.25) is 9.89 Å². The quantitative estimate of drug-likeness (QED) is 0.618. The minimum Gasteiger partial charge on any atom is -0.497 e. The van der Waals surface area contributed by atoms with E-state index in [1.54, 1.807) is 25.3 Å². The number of hydrogen-bond acceptors (Lipinski definition) is 4. The molecule has 0 spiro atoms. The average Bonchev–Trinajstić information content (AvgIpc) is 3.00. The van der Waals surface area contributed by atoms with Crippen LogP contribution in [0.15, 0.2) is 47.3 Å². The number of aromatic amines is 1. The molecule has 0 bridgehead atoms. The third-order valence-corrected chi connectivity index (χ3v) is 3.81. The van der Waals surface area contributed by atoms with Crippen LogP contribution in [-0.2, 0) is 0 Å². The van der Waals surface area contributed by atoms with Gasteiger partial charge in [0, 0.05) is 5.56 Å². The lowest BCUT2D eigenvalue weighted by Gasteiger charge is -2.01. The molecule has 0 saturated heterocycles. The van der Waals surface area contributed by atoms with Gasteiger partial charge >= 0.3 is 0 Å². The van der Waals surface area contributed by atoms with Crippen molar-refractivity contribution in [1.82, 2.24) is 19.6 Å². The van der Waals surface area contributed by atoms with Crippen molar-refractivity contribution in [3.05, 3.63) is 58.4 Å². The lowest BCUT2D eigenvalue weighted by atomic mass is 10.1. The van der Waals surface area contributed by atoms with E-state index in [4.69, 9.17) is 4.74 Å². The largest absolute Gasteiger partial charge is 0.497 e. The Hall–Kier alpha value is -3.15. The summed E-state index contributed by atoms with van der Waals surface area (Å²) in [5.74, 6) is 1.58. The maximum atomic E-state index is 12.7. The molecule has 6 heteroatoms. The summed E-state index contributed by atoms with van der Waals surface area (Å²) in [6.07, 6.45) is 0. The Morgan fingerprint density at radius 3 is 2.61 bits per heavy atom. The number of nitrogens with one attached hydrogen (secondary N) is 1. The van der Waals surface area contributed by atoms with Crippen LogP contribution >= 0.6 is 0 Å². The van der Waals surface area contributed by atoms with Crippen LogP contribution in [0.25, 0.3) is 28.1 Å². The van der Waals surface area contributed by atoms with E-state index in [0.29, 0.717) is 28.3 Å². The third-order valence-electron chi connectivity index (χ3n) is 3.81. The van der Waals surface area contributed by atoms with Crippen molar-refractivity contribution in [3.8, 4) is 17.1 Å². The number of nitrogens with zero attached hydrogens (tertiary/aromatic N) is 3. The fourth-order valence-electron chi connectivity index (χ4n) is 2.53. The van der Waals surface area contributed by atoms with Crippen molar-refractivity contribution < 1.29 is 4.74 Å². The number of aryl methyl sites for hydroxylation is 1. The first kappa shape index (κ1) is 13.5. The molecule has 4 rings (SSSR count). The highest BCUT2D eigenvalue weighted by atomic mass is 16.5. The molecule has 0 amide bonds. The van der Waals surface area contributed by atoms with E-state index in [0.717, 1.165) is 11.1 Å². The molecule has 2 heterocycles. The number of fused-ring (bicyclic) bond motifs is 2. The topological polar surface area (TPSA) is 72.3 Å². The van der Waals surface area contributed by atoms with E-state index in [1.807, 2.05) is 31.2 Å². The van der Waals surface area contributed by atoms with Gasteiger partial charge in [0.05, 0.1) is 18.0 Å². The van der Waals surface area contributed by atoms with Crippen LogP contribution in [0.4, 0.5) is 0 Å². The number of H-pyrrole nitrogens is 1. The highest BCUT2D eigenvalue weighted by molar-refractivity contribution is 5.80. The summed E-state index contributed by atoms with van der Waals surface area (Å²) in [5.41, 5.74) is 2.47. The van der Waals surface area contributed by atoms with E-state index in [-0.39, 0.29) is 5.56 Å². The third kappa shape index (κ3) is 2.15. The lowest BCUT2D eigenvalue weighted by molar-refractivity contribution is 0.415. The number of benzene rings is 2. The van der Waals surface area contributed by atoms with Crippen molar-refractivity contribution in [3.63, 3.8) is 0 Å². The van der Waals surface area contributed by atoms with Gasteiger partial charge in [0.1, 0.15) is 5.75 Å². The predicted octanol–water partition coefficient (Wildman–Crippen LogP) is 2.55. The maximum Gasteiger partial charge on any atom is 0.281 e. The second kappa shape index (κ2) is 4.95. The van der Waals surface area contributed by atoms with Crippen LogP contribution in [0.3, 0.4) is 0 Å². The van der Waals surface area contributed by atoms with Gasteiger partial charge in [-0.05, 0) is 25.1 Å². The van der Waals surface area contributed by atoms with Crippen LogP contribution < -0.4 is 10.3 Å². The van der Waals surface area contributed by atoms with Crippen LogP contribution in [0, 0.1) is 6.92 Å². The minimum absolute atomic E-state index is 0.199.